The topological polar surface area (TPSA) is 84.4 Å². The van der Waals surface area contributed by atoms with Crippen LogP contribution in [0.25, 0.3) is 11.0 Å². The smallest absolute Gasteiger partial charge is 0.316 e. The van der Waals surface area contributed by atoms with Crippen LogP contribution in [0.5, 0.6) is 0 Å². The van der Waals surface area contributed by atoms with Crippen molar-refractivity contribution in [1.29, 1.82) is 0 Å². The second-order valence-electron chi connectivity index (χ2n) is 5.14. The largest absolute Gasteiger partial charge is 0.378 e. The summed E-state index contributed by atoms with van der Waals surface area (Å²) in [6, 6.07) is 5.01. The van der Waals surface area contributed by atoms with Gasteiger partial charge >= 0.3 is 11.1 Å². The Morgan fingerprint density at radius 3 is 2.68 bits per heavy atom. The number of carbonyl (C=O) groups is 1. The van der Waals surface area contributed by atoms with Crippen LogP contribution in [0.4, 0.5) is 0 Å². The van der Waals surface area contributed by atoms with Gasteiger partial charge in [0.15, 0.2) is 0 Å². The molecule has 0 unspecified atom stereocenters. The Morgan fingerprint density at radius 2 is 2.00 bits per heavy atom. The number of H-pyrrole nitrogens is 1. The summed E-state index contributed by atoms with van der Waals surface area (Å²) in [6.07, 6.45) is 0. The molecule has 0 aliphatic carbocycles. The van der Waals surface area contributed by atoms with E-state index in [1.165, 1.54) is 4.57 Å². The number of aryl methyl sites for hydroxylation is 1. The molecule has 0 bridgehead atoms. The third-order valence-electron chi connectivity index (χ3n) is 3.84. The molecule has 1 saturated heterocycles. The Balaban J connectivity index is 2.06. The van der Waals surface area contributed by atoms with Crippen LogP contribution in [0.15, 0.2) is 27.8 Å². The molecule has 1 aromatic carbocycles. The molecule has 2 aromatic rings. The summed E-state index contributed by atoms with van der Waals surface area (Å²) < 4.78 is 6.64. The van der Waals surface area contributed by atoms with Crippen LogP contribution in [-0.2, 0) is 11.3 Å². The van der Waals surface area contributed by atoms with E-state index >= 15 is 0 Å². The van der Waals surface area contributed by atoms with Gasteiger partial charge in [-0.15, -0.1) is 0 Å². The fourth-order valence-electron chi connectivity index (χ4n) is 2.68. The summed E-state index contributed by atoms with van der Waals surface area (Å²) in [5, 5.41) is 0. The van der Waals surface area contributed by atoms with Gasteiger partial charge in [0.1, 0.15) is 0 Å². The number of rotatable bonds is 2. The van der Waals surface area contributed by atoms with E-state index in [2.05, 4.69) is 4.98 Å². The van der Waals surface area contributed by atoms with Gasteiger partial charge in [0.05, 0.1) is 24.2 Å². The maximum absolute atomic E-state index is 12.5. The van der Waals surface area contributed by atoms with Gasteiger partial charge in [-0.3, -0.25) is 14.4 Å². The lowest BCUT2D eigenvalue weighted by atomic mass is 10.1. The first-order valence-electron chi connectivity index (χ1n) is 7.25. The number of morpholine rings is 1. The predicted molar refractivity (Wildman–Crippen MR) is 81.2 cm³/mol. The highest BCUT2D eigenvalue weighted by Crippen LogP contribution is 2.14. The Morgan fingerprint density at radius 1 is 1.27 bits per heavy atom. The average Bonchev–Trinajstić information content (AvgIpc) is 2.56. The van der Waals surface area contributed by atoms with Crippen LogP contribution in [-0.4, -0.2) is 46.7 Å². The first-order valence-corrected chi connectivity index (χ1v) is 7.25. The molecule has 1 aromatic heterocycles. The van der Waals surface area contributed by atoms with E-state index in [9.17, 15) is 14.4 Å². The maximum atomic E-state index is 12.5. The summed E-state index contributed by atoms with van der Waals surface area (Å²) in [6.45, 7) is 4.38. The van der Waals surface area contributed by atoms with Crippen molar-refractivity contribution in [3.63, 3.8) is 0 Å². The van der Waals surface area contributed by atoms with Crippen molar-refractivity contribution in [3.8, 4) is 0 Å². The Hall–Kier alpha value is -2.41. The number of hydrogen-bond acceptors (Lipinski definition) is 4. The maximum Gasteiger partial charge on any atom is 0.316 e. The van der Waals surface area contributed by atoms with Crippen LogP contribution < -0.4 is 11.1 Å². The van der Waals surface area contributed by atoms with E-state index in [4.69, 9.17) is 4.74 Å². The summed E-state index contributed by atoms with van der Waals surface area (Å²) >= 11 is 0. The Kier molecular flexibility index (Phi) is 3.81. The molecule has 0 saturated carbocycles. The summed E-state index contributed by atoms with van der Waals surface area (Å²) in [5.41, 5.74) is 0.343. The number of nitrogens with zero attached hydrogens (tertiary/aromatic N) is 2. The molecule has 1 aliphatic rings. The fourth-order valence-corrected chi connectivity index (χ4v) is 2.68. The van der Waals surface area contributed by atoms with Crippen molar-refractivity contribution < 1.29 is 9.53 Å². The van der Waals surface area contributed by atoms with Gasteiger partial charge in [0.2, 0.25) is 0 Å². The predicted octanol–water partition coefficient (Wildman–Crippen LogP) is 0.182. The molecule has 7 heteroatoms. The second kappa shape index (κ2) is 5.76. The first kappa shape index (κ1) is 14.5. The third kappa shape index (κ3) is 2.43. The molecular formula is C15H17N3O4. The average molecular weight is 303 g/mol. The standard InChI is InChI=1S/C15H17N3O4/c1-2-18-12-4-3-10(9-11(12)16-13(19)15(18)21)14(20)17-5-7-22-8-6-17/h3-4,9H,2,5-8H2,1H3,(H,16,19). The second-order valence-corrected chi connectivity index (χ2v) is 5.14. The van der Waals surface area contributed by atoms with Crippen molar-refractivity contribution in [2.45, 2.75) is 13.5 Å². The molecule has 3 rings (SSSR count). The number of amides is 1. The van der Waals surface area contributed by atoms with E-state index in [0.29, 0.717) is 49.4 Å². The number of benzene rings is 1. The highest BCUT2D eigenvalue weighted by atomic mass is 16.5. The minimum atomic E-state index is -0.676. The summed E-state index contributed by atoms with van der Waals surface area (Å²) in [7, 11) is 0. The van der Waals surface area contributed by atoms with Crippen LogP contribution >= 0.6 is 0 Å². The minimum Gasteiger partial charge on any atom is -0.378 e. The molecule has 22 heavy (non-hydrogen) atoms. The monoisotopic (exact) mass is 303 g/mol. The molecular weight excluding hydrogens is 286 g/mol. The molecule has 0 radical (unpaired) electrons. The van der Waals surface area contributed by atoms with Crippen LogP contribution in [0.3, 0.4) is 0 Å². The van der Waals surface area contributed by atoms with Crippen LogP contribution in [0, 0.1) is 0 Å². The Bertz CT molecular complexity index is 831. The minimum absolute atomic E-state index is 0.0969. The third-order valence-corrected chi connectivity index (χ3v) is 3.84. The van der Waals surface area contributed by atoms with Crippen molar-refractivity contribution in [2.75, 3.05) is 26.3 Å². The van der Waals surface area contributed by atoms with Gasteiger partial charge in [0, 0.05) is 25.2 Å². The molecule has 1 amide bonds. The Labute approximate surface area is 126 Å². The van der Waals surface area contributed by atoms with Gasteiger partial charge in [-0.1, -0.05) is 0 Å². The molecule has 116 valence electrons. The number of ether oxygens (including phenoxy) is 1. The van der Waals surface area contributed by atoms with E-state index in [1.54, 1.807) is 30.0 Å². The zero-order valence-corrected chi connectivity index (χ0v) is 12.3. The number of hydrogen-bond donors (Lipinski definition) is 1. The van der Waals surface area contributed by atoms with Gasteiger partial charge in [-0.25, -0.2) is 0 Å². The highest BCUT2D eigenvalue weighted by Gasteiger charge is 2.19. The first-order chi connectivity index (χ1) is 10.6. The zero-order chi connectivity index (χ0) is 15.7. The molecule has 2 heterocycles. The molecule has 1 fully saturated rings. The quantitative estimate of drug-likeness (QED) is 0.802. The van der Waals surface area contributed by atoms with E-state index < -0.39 is 11.1 Å². The van der Waals surface area contributed by atoms with E-state index in [1.807, 2.05) is 0 Å². The summed E-state index contributed by atoms with van der Waals surface area (Å²) in [5.74, 6) is -0.0969. The molecule has 0 atom stereocenters. The summed E-state index contributed by atoms with van der Waals surface area (Å²) in [4.78, 5) is 40.2. The SMILES string of the molecule is CCn1c(=O)c(=O)[nH]c2cc(C(=O)N3CCOCC3)ccc21. The highest BCUT2D eigenvalue weighted by molar-refractivity contribution is 5.97. The van der Waals surface area contributed by atoms with E-state index in [-0.39, 0.29) is 5.91 Å². The lowest BCUT2D eigenvalue weighted by Crippen LogP contribution is -2.40. The molecule has 0 spiro atoms. The van der Waals surface area contributed by atoms with Gasteiger partial charge < -0.3 is 19.2 Å². The van der Waals surface area contributed by atoms with Crippen molar-refractivity contribution in [3.05, 3.63) is 44.5 Å². The van der Waals surface area contributed by atoms with Crippen LogP contribution in [0.2, 0.25) is 0 Å². The number of nitrogens with one attached hydrogen (secondary N) is 1. The lowest BCUT2D eigenvalue weighted by Gasteiger charge is -2.27. The van der Waals surface area contributed by atoms with Crippen molar-refractivity contribution in [1.82, 2.24) is 14.5 Å². The number of aromatic amines is 1. The van der Waals surface area contributed by atoms with Crippen molar-refractivity contribution in [2.24, 2.45) is 0 Å². The fraction of sp³-hybridized carbons (Fsp3) is 0.400. The van der Waals surface area contributed by atoms with Gasteiger partial charge in [0.25, 0.3) is 5.91 Å². The number of carbonyl (C=O) groups excluding carboxylic acids is 1. The molecule has 1 aliphatic heterocycles. The molecule has 7 nitrogen and oxygen atoms in total. The normalized spacial score (nSPS) is 15.2. The molecule has 1 N–H and O–H groups in total. The lowest BCUT2D eigenvalue weighted by molar-refractivity contribution is 0.0303. The zero-order valence-electron chi connectivity index (χ0n) is 12.3. The van der Waals surface area contributed by atoms with Gasteiger partial charge in [-0.2, -0.15) is 0 Å². The number of aromatic nitrogens is 2. The van der Waals surface area contributed by atoms with Crippen LogP contribution in [0.1, 0.15) is 17.3 Å². The van der Waals surface area contributed by atoms with E-state index in [0.717, 1.165) is 0 Å². The van der Waals surface area contributed by atoms with Gasteiger partial charge in [-0.05, 0) is 25.1 Å². The van der Waals surface area contributed by atoms with Crippen molar-refractivity contribution >= 4 is 16.9 Å². The number of fused-ring (bicyclic) bond motifs is 1.